The Balaban J connectivity index is 1.49. The normalized spacial score (nSPS) is 20.4. The van der Waals surface area contributed by atoms with Crippen LogP contribution < -0.4 is 10.1 Å². The quantitative estimate of drug-likeness (QED) is 0.722. The lowest BCUT2D eigenvalue weighted by Gasteiger charge is -2.36. The molecule has 0 bridgehead atoms. The number of rotatable bonds is 7. The Bertz CT molecular complexity index is 887. The lowest BCUT2D eigenvalue weighted by Crippen LogP contribution is -2.47. The van der Waals surface area contributed by atoms with Crippen LogP contribution in [-0.2, 0) is 20.7 Å². The molecule has 2 fully saturated rings. The standard InChI is InChI=1S/C25H30FNO4/c1-29-23-9-8-20(26)15-22(23)19-6-4-18(5-7-19)16-25(10-13-30-14-11-25)24(28)27-17-21-3-2-12-31-21/h4-9,15,21H,2-3,10-14,16-17H2,1H3,(H,27,28)/t21-/m0/s1. The molecule has 0 saturated carbocycles. The SMILES string of the molecule is COc1ccc(F)cc1-c1ccc(CC2(C(=O)NC[C@@H]3CCCO3)CCOCC2)cc1. The third kappa shape index (κ3) is 5.08. The summed E-state index contributed by atoms with van der Waals surface area (Å²) in [6, 6.07) is 12.5. The predicted octanol–water partition coefficient (Wildman–Crippen LogP) is 4.14. The summed E-state index contributed by atoms with van der Waals surface area (Å²) in [6.07, 6.45) is 4.23. The molecule has 2 heterocycles. The molecule has 2 aliphatic heterocycles. The van der Waals surface area contributed by atoms with Crippen molar-refractivity contribution in [2.24, 2.45) is 5.41 Å². The average Bonchev–Trinajstić information content (AvgIpc) is 3.32. The van der Waals surface area contributed by atoms with Crippen LogP contribution in [0.25, 0.3) is 11.1 Å². The van der Waals surface area contributed by atoms with Crippen molar-refractivity contribution in [2.45, 2.75) is 38.2 Å². The van der Waals surface area contributed by atoms with Crippen LogP contribution in [0.3, 0.4) is 0 Å². The molecule has 166 valence electrons. The van der Waals surface area contributed by atoms with E-state index in [1.807, 2.05) is 24.3 Å². The van der Waals surface area contributed by atoms with E-state index in [2.05, 4.69) is 5.32 Å². The zero-order chi connectivity index (χ0) is 21.7. The van der Waals surface area contributed by atoms with Crippen LogP contribution in [0.1, 0.15) is 31.2 Å². The monoisotopic (exact) mass is 427 g/mol. The second-order valence-corrected chi connectivity index (χ2v) is 8.46. The highest BCUT2D eigenvalue weighted by Gasteiger charge is 2.40. The topological polar surface area (TPSA) is 56.8 Å². The van der Waals surface area contributed by atoms with Gasteiger partial charge in [0.05, 0.1) is 18.6 Å². The first kappa shape index (κ1) is 21.8. The second-order valence-electron chi connectivity index (χ2n) is 8.46. The zero-order valence-corrected chi connectivity index (χ0v) is 18.0. The lowest BCUT2D eigenvalue weighted by atomic mass is 9.74. The van der Waals surface area contributed by atoms with Gasteiger partial charge < -0.3 is 19.5 Å². The molecule has 0 radical (unpaired) electrons. The molecule has 5 nitrogen and oxygen atoms in total. The van der Waals surface area contributed by atoms with E-state index in [4.69, 9.17) is 14.2 Å². The van der Waals surface area contributed by atoms with Crippen molar-refractivity contribution in [2.75, 3.05) is 33.5 Å². The van der Waals surface area contributed by atoms with E-state index in [1.54, 1.807) is 13.2 Å². The summed E-state index contributed by atoms with van der Waals surface area (Å²) in [5, 5.41) is 3.14. The van der Waals surface area contributed by atoms with Gasteiger partial charge in [0.25, 0.3) is 0 Å². The smallest absolute Gasteiger partial charge is 0.226 e. The molecule has 2 aromatic rings. The number of methoxy groups -OCH3 is 1. The molecule has 2 aliphatic rings. The number of carbonyl (C=O) groups excluding carboxylic acids is 1. The minimum absolute atomic E-state index is 0.0853. The Hall–Kier alpha value is -2.44. The maximum absolute atomic E-state index is 13.8. The zero-order valence-electron chi connectivity index (χ0n) is 18.0. The van der Waals surface area contributed by atoms with E-state index < -0.39 is 5.41 Å². The third-order valence-electron chi connectivity index (χ3n) is 6.41. The summed E-state index contributed by atoms with van der Waals surface area (Å²) in [5.74, 6) is 0.412. The maximum atomic E-state index is 13.8. The second kappa shape index (κ2) is 9.79. The fourth-order valence-corrected chi connectivity index (χ4v) is 4.54. The molecule has 2 aromatic carbocycles. The van der Waals surface area contributed by atoms with E-state index in [0.29, 0.717) is 50.3 Å². The first-order valence-electron chi connectivity index (χ1n) is 11.0. The summed E-state index contributed by atoms with van der Waals surface area (Å²) >= 11 is 0. The molecule has 4 rings (SSSR count). The lowest BCUT2D eigenvalue weighted by molar-refractivity contribution is -0.137. The first-order valence-corrected chi connectivity index (χ1v) is 11.0. The van der Waals surface area contributed by atoms with Crippen LogP contribution in [0.15, 0.2) is 42.5 Å². The molecule has 6 heteroatoms. The minimum Gasteiger partial charge on any atom is -0.496 e. The number of hydrogen-bond acceptors (Lipinski definition) is 4. The molecule has 1 atom stereocenters. The average molecular weight is 428 g/mol. The fraction of sp³-hybridized carbons (Fsp3) is 0.480. The minimum atomic E-state index is -0.477. The van der Waals surface area contributed by atoms with E-state index in [0.717, 1.165) is 30.6 Å². The van der Waals surface area contributed by atoms with Gasteiger partial charge in [0.2, 0.25) is 5.91 Å². The van der Waals surface area contributed by atoms with Gasteiger partial charge in [-0.05, 0) is 61.4 Å². The van der Waals surface area contributed by atoms with Crippen molar-refractivity contribution in [1.82, 2.24) is 5.32 Å². The molecule has 0 aromatic heterocycles. The molecular weight excluding hydrogens is 397 g/mol. The van der Waals surface area contributed by atoms with Crippen LogP contribution in [0.4, 0.5) is 4.39 Å². The summed E-state index contributed by atoms with van der Waals surface area (Å²) in [4.78, 5) is 13.2. The van der Waals surface area contributed by atoms with Crippen LogP contribution in [0.2, 0.25) is 0 Å². The van der Waals surface area contributed by atoms with Gasteiger partial charge >= 0.3 is 0 Å². The van der Waals surface area contributed by atoms with Crippen molar-refractivity contribution in [1.29, 1.82) is 0 Å². The fourth-order valence-electron chi connectivity index (χ4n) is 4.54. The summed E-state index contributed by atoms with van der Waals surface area (Å²) in [5.41, 5.74) is 2.19. The molecule has 31 heavy (non-hydrogen) atoms. The van der Waals surface area contributed by atoms with Crippen molar-refractivity contribution in [3.05, 3.63) is 53.8 Å². The number of halogens is 1. The highest BCUT2D eigenvalue weighted by molar-refractivity contribution is 5.83. The molecule has 1 amide bonds. The number of benzene rings is 2. The van der Waals surface area contributed by atoms with Gasteiger partial charge in [-0.2, -0.15) is 0 Å². The van der Waals surface area contributed by atoms with Crippen LogP contribution in [-0.4, -0.2) is 45.5 Å². The number of amides is 1. The maximum Gasteiger partial charge on any atom is 0.226 e. The highest BCUT2D eigenvalue weighted by atomic mass is 19.1. The van der Waals surface area contributed by atoms with Gasteiger partial charge in [-0.25, -0.2) is 4.39 Å². The number of carbonyl (C=O) groups is 1. The number of hydrogen-bond donors (Lipinski definition) is 1. The van der Waals surface area contributed by atoms with Crippen molar-refractivity contribution in [3.8, 4) is 16.9 Å². The van der Waals surface area contributed by atoms with Crippen LogP contribution >= 0.6 is 0 Å². The Morgan fingerprint density at radius 2 is 1.94 bits per heavy atom. The summed E-state index contributed by atoms with van der Waals surface area (Å²) in [6.45, 7) is 2.53. The van der Waals surface area contributed by atoms with Gasteiger partial charge in [0.15, 0.2) is 0 Å². The Morgan fingerprint density at radius 3 is 2.61 bits per heavy atom. The van der Waals surface area contributed by atoms with Gasteiger partial charge in [0.1, 0.15) is 11.6 Å². The summed E-state index contributed by atoms with van der Waals surface area (Å²) < 4.78 is 30.3. The van der Waals surface area contributed by atoms with Crippen LogP contribution in [0.5, 0.6) is 5.75 Å². The Morgan fingerprint density at radius 1 is 1.16 bits per heavy atom. The van der Waals surface area contributed by atoms with Gasteiger partial charge in [0, 0.05) is 31.9 Å². The van der Waals surface area contributed by atoms with Gasteiger partial charge in [-0.1, -0.05) is 24.3 Å². The molecule has 0 aliphatic carbocycles. The Kier molecular flexibility index (Phi) is 6.88. The number of ether oxygens (including phenoxy) is 3. The van der Waals surface area contributed by atoms with Crippen molar-refractivity contribution >= 4 is 5.91 Å². The molecular formula is C25H30FNO4. The summed E-state index contributed by atoms with van der Waals surface area (Å²) in [7, 11) is 1.58. The van der Waals surface area contributed by atoms with E-state index in [1.165, 1.54) is 12.1 Å². The third-order valence-corrected chi connectivity index (χ3v) is 6.41. The molecule has 0 spiro atoms. The molecule has 1 N–H and O–H groups in total. The highest BCUT2D eigenvalue weighted by Crippen LogP contribution is 2.36. The molecule has 2 saturated heterocycles. The van der Waals surface area contributed by atoms with Gasteiger partial charge in [-0.3, -0.25) is 4.79 Å². The predicted molar refractivity (Wildman–Crippen MR) is 117 cm³/mol. The van der Waals surface area contributed by atoms with Crippen molar-refractivity contribution < 1.29 is 23.4 Å². The van der Waals surface area contributed by atoms with Gasteiger partial charge in [-0.15, -0.1) is 0 Å². The van der Waals surface area contributed by atoms with E-state index in [-0.39, 0.29) is 17.8 Å². The van der Waals surface area contributed by atoms with Crippen LogP contribution in [0, 0.1) is 11.2 Å². The van der Waals surface area contributed by atoms with E-state index in [9.17, 15) is 9.18 Å². The van der Waals surface area contributed by atoms with Crippen molar-refractivity contribution in [3.63, 3.8) is 0 Å². The first-order chi connectivity index (χ1) is 15.1. The Labute approximate surface area is 182 Å². The largest absolute Gasteiger partial charge is 0.496 e. The molecule has 0 unspecified atom stereocenters. The number of nitrogens with one attached hydrogen (secondary N) is 1. The van der Waals surface area contributed by atoms with E-state index >= 15 is 0 Å².